The number of carbonyl (C=O) groups is 1. The average Bonchev–Trinajstić information content (AvgIpc) is 2.46. The number of carbonyl (C=O) groups excluding carboxylic acids is 1. The van der Waals surface area contributed by atoms with Gasteiger partial charge in [-0.15, -0.1) is 0 Å². The predicted octanol–water partition coefficient (Wildman–Crippen LogP) is 2.22. The van der Waals surface area contributed by atoms with Crippen LogP contribution in [-0.4, -0.2) is 5.97 Å². The van der Waals surface area contributed by atoms with Gasteiger partial charge in [-0.25, -0.2) is 0 Å². The van der Waals surface area contributed by atoms with Crippen molar-refractivity contribution in [2.24, 2.45) is 0 Å². The molecule has 3 nitrogen and oxygen atoms in total. The zero-order chi connectivity index (χ0) is 13.7. The number of carboxylic acids is 1. The summed E-state index contributed by atoms with van der Waals surface area (Å²) in [6.45, 7) is 2.79. The highest BCUT2D eigenvalue weighted by atomic mass is 16.4. The minimum Gasteiger partial charge on any atom is -0.545 e. The van der Waals surface area contributed by atoms with Gasteiger partial charge in [-0.05, 0) is 35.2 Å². The van der Waals surface area contributed by atoms with Crippen LogP contribution in [0.5, 0.6) is 0 Å². The first-order valence-electron chi connectivity index (χ1n) is 6.32. The molecule has 0 aromatic heterocycles. The largest absolute Gasteiger partial charge is 0.545 e. The fraction of sp³-hybridized carbons (Fsp3) is 0.188. The van der Waals surface area contributed by atoms with E-state index >= 15 is 0 Å². The van der Waals surface area contributed by atoms with Crippen molar-refractivity contribution in [3.63, 3.8) is 0 Å². The van der Waals surface area contributed by atoms with Crippen LogP contribution in [-0.2, 0) is 13.0 Å². The lowest BCUT2D eigenvalue weighted by molar-refractivity contribution is -0.255. The SMILES string of the molecule is CCc1ccc(CNc2cccc(C(=O)[O-])c2)cc1. The Kier molecular flexibility index (Phi) is 4.18. The van der Waals surface area contributed by atoms with Crippen molar-refractivity contribution in [1.82, 2.24) is 0 Å². The summed E-state index contributed by atoms with van der Waals surface area (Å²) in [4.78, 5) is 10.8. The molecular weight excluding hydrogens is 238 g/mol. The maximum Gasteiger partial charge on any atom is 0.0716 e. The van der Waals surface area contributed by atoms with Gasteiger partial charge < -0.3 is 15.2 Å². The topological polar surface area (TPSA) is 52.2 Å². The van der Waals surface area contributed by atoms with Crippen LogP contribution in [0.1, 0.15) is 28.4 Å². The summed E-state index contributed by atoms with van der Waals surface area (Å²) in [6, 6.07) is 15.0. The molecule has 98 valence electrons. The lowest BCUT2D eigenvalue weighted by Crippen LogP contribution is -2.22. The predicted molar refractivity (Wildman–Crippen MR) is 73.9 cm³/mol. The van der Waals surface area contributed by atoms with Crippen LogP contribution in [0, 0.1) is 0 Å². The second-order valence-corrected chi connectivity index (χ2v) is 4.39. The van der Waals surface area contributed by atoms with E-state index in [1.807, 2.05) is 6.07 Å². The molecule has 0 bridgehead atoms. The third-order valence-electron chi connectivity index (χ3n) is 3.03. The monoisotopic (exact) mass is 254 g/mol. The molecule has 0 unspecified atom stereocenters. The maximum absolute atomic E-state index is 10.8. The summed E-state index contributed by atoms with van der Waals surface area (Å²) in [5.74, 6) is -1.16. The Morgan fingerprint density at radius 1 is 1.11 bits per heavy atom. The second kappa shape index (κ2) is 6.05. The van der Waals surface area contributed by atoms with E-state index in [0.717, 1.165) is 17.7 Å². The van der Waals surface area contributed by atoms with Crippen molar-refractivity contribution in [3.8, 4) is 0 Å². The van der Waals surface area contributed by atoms with Crippen molar-refractivity contribution in [2.45, 2.75) is 19.9 Å². The van der Waals surface area contributed by atoms with Gasteiger partial charge in [-0.3, -0.25) is 0 Å². The van der Waals surface area contributed by atoms with E-state index in [-0.39, 0.29) is 5.56 Å². The maximum atomic E-state index is 10.8. The van der Waals surface area contributed by atoms with Gasteiger partial charge in [-0.2, -0.15) is 0 Å². The van der Waals surface area contributed by atoms with Gasteiger partial charge >= 0.3 is 0 Å². The first-order chi connectivity index (χ1) is 9.19. The lowest BCUT2D eigenvalue weighted by Gasteiger charge is -2.09. The van der Waals surface area contributed by atoms with Crippen molar-refractivity contribution in [3.05, 3.63) is 65.2 Å². The number of aromatic carboxylic acids is 1. The third-order valence-corrected chi connectivity index (χ3v) is 3.03. The molecule has 0 amide bonds. The Labute approximate surface area is 112 Å². The van der Waals surface area contributed by atoms with E-state index in [0.29, 0.717) is 6.54 Å². The van der Waals surface area contributed by atoms with Crippen LogP contribution in [0.15, 0.2) is 48.5 Å². The summed E-state index contributed by atoms with van der Waals surface area (Å²) in [7, 11) is 0. The van der Waals surface area contributed by atoms with Crippen LogP contribution < -0.4 is 10.4 Å². The van der Waals surface area contributed by atoms with E-state index in [4.69, 9.17) is 0 Å². The fourth-order valence-corrected chi connectivity index (χ4v) is 1.85. The van der Waals surface area contributed by atoms with Gasteiger partial charge in [0, 0.05) is 12.2 Å². The van der Waals surface area contributed by atoms with Gasteiger partial charge in [0.25, 0.3) is 0 Å². The molecule has 0 radical (unpaired) electrons. The highest BCUT2D eigenvalue weighted by Gasteiger charge is 1.97. The first kappa shape index (κ1) is 13.1. The van der Waals surface area contributed by atoms with Crippen LogP contribution in [0.2, 0.25) is 0 Å². The number of hydrogen-bond donors (Lipinski definition) is 1. The fourth-order valence-electron chi connectivity index (χ4n) is 1.85. The van der Waals surface area contributed by atoms with Crippen molar-refractivity contribution >= 4 is 11.7 Å². The molecule has 0 aliphatic carbocycles. The Morgan fingerprint density at radius 2 is 1.79 bits per heavy atom. The van der Waals surface area contributed by atoms with Gasteiger partial charge in [-0.1, -0.05) is 43.3 Å². The van der Waals surface area contributed by atoms with Crippen molar-refractivity contribution in [1.29, 1.82) is 0 Å². The van der Waals surface area contributed by atoms with Gasteiger partial charge in [0.05, 0.1) is 5.97 Å². The summed E-state index contributed by atoms with van der Waals surface area (Å²) < 4.78 is 0. The number of anilines is 1. The summed E-state index contributed by atoms with van der Waals surface area (Å²) >= 11 is 0. The second-order valence-electron chi connectivity index (χ2n) is 4.39. The molecule has 1 N–H and O–H groups in total. The lowest BCUT2D eigenvalue weighted by atomic mass is 10.1. The number of rotatable bonds is 5. The minimum absolute atomic E-state index is 0.186. The van der Waals surface area contributed by atoms with E-state index in [1.54, 1.807) is 12.1 Å². The van der Waals surface area contributed by atoms with E-state index in [2.05, 4.69) is 36.5 Å². The normalized spacial score (nSPS) is 10.2. The molecule has 0 aliphatic heterocycles. The van der Waals surface area contributed by atoms with Crippen molar-refractivity contribution < 1.29 is 9.90 Å². The van der Waals surface area contributed by atoms with Gasteiger partial charge in [0.2, 0.25) is 0 Å². The van der Waals surface area contributed by atoms with Gasteiger partial charge in [0.15, 0.2) is 0 Å². The molecule has 0 saturated heterocycles. The standard InChI is InChI=1S/C16H17NO2/c1-2-12-6-8-13(9-7-12)11-17-15-5-3-4-14(10-15)16(18)19/h3-10,17H,2,11H2,1H3,(H,18,19)/p-1. The number of hydrogen-bond acceptors (Lipinski definition) is 3. The zero-order valence-electron chi connectivity index (χ0n) is 10.8. The highest BCUT2D eigenvalue weighted by molar-refractivity contribution is 5.87. The minimum atomic E-state index is -1.16. The Bertz CT molecular complexity index is 561. The smallest absolute Gasteiger partial charge is 0.0716 e. The first-order valence-corrected chi connectivity index (χ1v) is 6.32. The number of carboxylic acid groups (broad SMARTS) is 1. The van der Waals surface area contributed by atoms with E-state index < -0.39 is 5.97 Å². The molecule has 0 saturated carbocycles. The Hall–Kier alpha value is -2.29. The molecule has 2 aromatic rings. The molecule has 0 aliphatic rings. The molecule has 0 atom stereocenters. The third kappa shape index (κ3) is 3.58. The average molecular weight is 254 g/mol. The van der Waals surface area contributed by atoms with Gasteiger partial charge in [0.1, 0.15) is 0 Å². The number of nitrogens with one attached hydrogen (secondary N) is 1. The molecule has 2 aromatic carbocycles. The molecule has 0 fully saturated rings. The van der Waals surface area contributed by atoms with Crippen LogP contribution >= 0.6 is 0 Å². The van der Waals surface area contributed by atoms with Crippen LogP contribution in [0.3, 0.4) is 0 Å². The molecule has 0 spiro atoms. The molecule has 3 heteroatoms. The summed E-state index contributed by atoms with van der Waals surface area (Å²) in [5, 5.41) is 14.0. The number of aryl methyl sites for hydroxylation is 1. The molecule has 2 rings (SSSR count). The summed E-state index contributed by atoms with van der Waals surface area (Å²) in [6.07, 6.45) is 1.03. The molecular formula is C16H16NO2-. The highest BCUT2D eigenvalue weighted by Crippen LogP contribution is 2.12. The summed E-state index contributed by atoms with van der Waals surface area (Å²) in [5.41, 5.74) is 3.44. The Balaban J connectivity index is 2.01. The molecule has 0 heterocycles. The van der Waals surface area contributed by atoms with E-state index in [1.165, 1.54) is 11.6 Å². The van der Waals surface area contributed by atoms with Crippen molar-refractivity contribution in [2.75, 3.05) is 5.32 Å². The quantitative estimate of drug-likeness (QED) is 0.890. The zero-order valence-corrected chi connectivity index (χ0v) is 10.8. The Morgan fingerprint density at radius 3 is 2.42 bits per heavy atom. The van der Waals surface area contributed by atoms with Crippen LogP contribution in [0.25, 0.3) is 0 Å². The van der Waals surface area contributed by atoms with E-state index in [9.17, 15) is 9.90 Å². The molecule has 19 heavy (non-hydrogen) atoms. The van der Waals surface area contributed by atoms with Crippen LogP contribution in [0.4, 0.5) is 5.69 Å². The number of benzene rings is 2.